The van der Waals surface area contributed by atoms with Crippen molar-refractivity contribution in [2.24, 2.45) is 0 Å². The molecule has 1 spiro atoms. The highest BCUT2D eigenvalue weighted by Gasteiger charge is 2.43. The first-order valence-corrected chi connectivity index (χ1v) is 13.8. The van der Waals surface area contributed by atoms with Crippen LogP contribution in [0.3, 0.4) is 0 Å². The van der Waals surface area contributed by atoms with Gasteiger partial charge in [0.2, 0.25) is 0 Å². The van der Waals surface area contributed by atoms with Crippen LogP contribution < -0.4 is 19.3 Å². The Bertz CT molecular complexity index is 1060. The van der Waals surface area contributed by atoms with E-state index in [4.69, 9.17) is 14.2 Å². The molecule has 198 valence electrons. The maximum absolute atomic E-state index is 12.6. The molecule has 3 aliphatic heterocycles. The largest absolute Gasteiger partial charge is 0.495 e. The lowest BCUT2D eigenvalue weighted by molar-refractivity contribution is -0.141. The Labute approximate surface area is 219 Å². The van der Waals surface area contributed by atoms with Crippen LogP contribution >= 0.6 is 0 Å². The van der Waals surface area contributed by atoms with E-state index in [9.17, 15) is 4.79 Å². The molecule has 0 unspecified atom stereocenters. The van der Waals surface area contributed by atoms with Gasteiger partial charge in [-0.25, -0.2) is 4.98 Å². The summed E-state index contributed by atoms with van der Waals surface area (Å²) in [6, 6.07) is 13.1. The summed E-state index contributed by atoms with van der Waals surface area (Å²) in [7, 11) is 1.61. The van der Waals surface area contributed by atoms with Gasteiger partial charge >= 0.3 is 0 Å². The second kappa shape index (κ2) is 10.5. The van der Waals surface area contributed by atoms with Gasteiger partial charge < -0.3 is 24.0 Å². The number of carbonyl (C=O) groups excluding carboxylic acids is 1. The molecule has 4 fully saturated rings. The van der Waals surface area contributed by atoms with Crippen LogP contribution in [0.25, 0.3) is 0 Å². The molecule has 0 radical (unpaired) electrons. The third-order valence-corrected chi connectivity index (χ3v) is 8.73. The number of morpholine rings is 1. The van der Waals surface area contributed by atoms with Crippen molar-refractivity contribution >= 4 is 17.4 Å². The quantitative estimate of drug-likeness (QED) is 0.589. The van der Waals surface area contributed by atoms with E-state index >= 15 is 0 Å². The number of rotatable bonds is 6. The van der Waals surface area contributed by atoms with Crippen LogP contribution in [0, 0.1) is 0 Å². The monoisotopic (exact) mass is 506 g/mol. The zero-order chi connectivity index (χ0) is 25.2. The normalized spacial score (nSPS) is 23.2. The summed E-state index contributed by atoms with van der Waals surface area (Å²) < 4.78 is 17.7. The highest BCUT2D eigenvalue weighted by atomic mass is 16.5. The smallest absolute Gasteiger partial charge is 0.254 e. The Morgan fingerprint density at radius 1 is 0.946 bits per heavy atom. The van der Waals surface area contributed by atoms with E-state index in [0.29, 0.717) is 24.2 Å². The maximum Gasteiger partial charge on any atom is 0.254 e. The third kappa shape index (κ3) is 5.27. The molecular formula is C29H38N4O4. The van der Waals surface area contributed by atoms with Gasteiger partial charge in [0.1, 0.15) is 30.0 Å². The van der Waals surface area contributed by atoms with E-state index in [1.54, 1.807) is 18.2 Å². The van der Waals surface area contributed by atoms with Gasteiger partial charge in [-0.15, -0.1) is 0 Å². The number of pyridine rings is 1. The summed E-state index contributed by atoms with van der Waals surface area (Å²) in [5.74, 6) is 2.25. The number of benzene rings is 1. The molecule has 1 aromatic carbocycles. The SMILES string of the molecule is COc1ccc(N2CC3(CCN(c4ccc(OC5CCN(C6CCC6)CC5)cc4)CC3)OCC2=O)nc1. The van der Waals surface area contributed by atoms with Crippen molar-refractivity contribution in [2.75, 3.05) is 56.2 Å². The number of likely N-dealkylation sites (tertiary alicyclic amines) is 1. The third-order valence-electron chi connectivity index (χ3n) is 8.73. The van der Waals surface area contributed by atoms with Crippen LogP contribution in [-0.2, 0) is 9.53 Å². The van der Waals surface area contributed by atoms with E-state index in [1.807, 2.05) is 12.1 Å². The van der Waals surface area contributed by atoms with Crippen LogP contribution in [0.4, 0.5) is 11.5 Å². The predicted octanol–water partition coefficient (Wildman–Crippen LogP) is 3.89. The minimum Gasteiger partial charge on any atom is -0.495 e. The molecule has 8 heteroatoms. The highest BCUT2D eigenvalue weighted by Crippen LogP contribution is 2.35. The number of ether oxygens (including phenoxy) is 3. The number of hydrogen-bond acceptors (Lipinski definition) is 7. The van der Waals surface area contributed by atoms with Gasteiger partial charge in [-0.2, -0.15) is 0 Å². The van der Waals surface area contributed by atoms with Crippen LogP contribution in [0.1, 0.15) is 44.9 Å². The van der Waals surface area contributed by atoms with Crippen molar-refractivity contribution in [3.8, 4) is 11.5 Å². The Balaban J connectivity index is 1.01. The van der Waals surface area contributed by atoms with Crippen molar-refractivity contribution in [3.63, 3.8) is 0 Å². The molecule has 37 heavy (non-hydrogen) atoms. The maximum atomic E-state index is 12.6. The Morgan fingerprint density at radius 3 is 2.30 bits per heavy atom. The summed E-state index contributed by atoms with van der Waals surface area (Å²) in [6.45, 7) is 4.74. The average Bonchev–Trinajstić information content (AvgIpc) is 2.91. The molecule has 4 aliphatic rings. The number of hydrogen-bond donors (Lipinski definition) is 0. The molecule has 1 amide bonds. The Kier molecular flexibility index (Phi) is 6.95. The fourth-order valence-corrected chi connectivity index (χ4v) is 6.09. The van der Waals surface area contributed by atoms with E-state index < -0.39 is 0 Å². The van der Waals surface area contributed by atoms with Crippen molar-refractivity contribution < 1.29 is 19.0 Å². The number of nitrogens with zero attached hydrogens (tertiary/aromatic N) is 4. The van der Waals surface area contributed by atoms with E-state index in [1.165, 1.54) is 38.0 Å². The van der Waals surface area contributed by atoms with Gasteiger partial charge in [0, 0.05) is 37.9 Å². The minimum absolute atomic E-state index is 0.0463. The molecule has 4 heterocycles. The van der Waals surface area contributed by atoms with Gasteiger partial charge in [-0.05, 0) is 74.9 Å². The van der Waals surface area contributed by atoms with Gasteiger partial charge in [-0.1, -0.05) is 6.42 Å². The fourth-order valence-electron chi connectivity index (χ4n) is 6.09. The molecule has 0 N–H and O–H groups in total. The van der Waals surface area contributed by atoms with Gasteiger partial charge in [0.05, 0.1) is 25.5 Å². The molecule has 1 saturated carbocycles. The zero-order valence-corrected chi connectivity index (χ0v) is 21.8. The van der Waals surface area contributed by atoms with Crippen LogP contribution in [-0.4, -0.2) is 80.0 Å². The summed E-state index contributed by atoms with van der Waals surface area (Å²) in [4.78, 5) is 23.9. The van der Waals surface area contributed by atoms with Crippen LogP contribution in [0.15, 0.2) is 42.6 Å². The lowest BCUT2D eigenvalue weighted by Crippen LogP contribution is -2.59. The van der Waals surface area contributed by atoms with Crippen molar-refractivity contribution in [3.05, 3.63) is 42.6 Å². The number of piperidine rings is 2. The Hall–Kier alpha value is -2.84. The molecule has 8 nitrogen and oxygen atoms in total. The Morgan fingerprint density at radius 2 is 1.68 bits per heavy atom. The molecule has 1 aromatic heterocycles. The first-order valence-electron chi connectivity index (χ1n) is 13.8. The minimum atomic E-state index is -0.330. The number of anilines is 2. The average molecular weight is 507 g/mol. The number of amides is 1. The van der Waals surface area contributed by atoms with Crippen molar-refractivity contribution in [1.29, 1.82) is 0 Å². The number of methoxy groups -OCH3 is 1. The molecule has 0 bridgehead atoms. The first-order chi connectivity index (χ1) is 18.1. The van der Waals surface area contributed by atoms with Crippen LogP contribution in [0.2, 0.25) is 0 Å². The second-order valence-electron chi connectivity index (χ2n) is 10.9. The lowest BCUT2D eigenvalue weighted by atomic mass is 9.89. The van der Waals surface area contributed by atoms with E-state index in [0.717, 1.165) is 50.6 Å². The standard InChI is InChI=1S/C29H38N4O4/c1-35-26-9-10-27(30-19-26)33-21-29(36-20-28(33)34)13-17-32(18-14-29)23-5-7-24(8-6-23)37-25-11-15-31(16-12-25)22-3-2-4-22/h5-10,19,22,25H,2-4,11-18,20-21H2,1H3. The second-order valence-corrected chi connectivity index (χ2v) is 10.9. The van der Waals surface area contributed by atoms with Crippen molar-refractivity contribution in [2.45, 2.75) is 62.7 Å². The summed E-state index contributed by atoms with van der Waals surface area (Å²) in [5.41, 5.74) is 0.881. The summed E-state index contributed by atoms with van der Waals surface area (Å²) >= 11 is 0. The number of aromatic nitrogens is 1. The van der Waals surface area contributed by atoms with E-state index in [2.05, 4.69) is 39.0 Å². The van der Waals surface area contributed by atoms with Gasteiger partial charge in [-0.3, -0.25) is 9.69 Å². The summed E-state index contributed by atoms with van der Waals surface area (Å²) in [6.07, 6.45) is 10.1. The van der Waals surface area contributed by atoms with Crippen LogP contribution in [0.5, 0.6) is 11.5 Å². The molecule has 0 atom stereocenters. The molecule has 1 aliphatic carbocycles. The lowest BCUT2D eigenvalue weighted by Gasteiger charge is -2.47. The fraction of sp³-hybridized carbons (Fsp3) is 0.586. The zero-order valence-electron chi connectivity index (χ0n) is 21.8. The van der Waals surface area contributed by atoms with Gasteiger partial charge in [0.25, 0.3) is 5.91 Å². The van der Waals surface area contributed by atoms with Crippen molar-refractivity contribution in [1.82, 2.24) is 9.88 Å². The number of carbonyl (C=O) groups is 1. The topological polar surface area (TPSA) is 67.4 Å². The first kappa shape index (κ1) is 24.5. The molecule has 3 saturated heterocycles. The molecule has 2 aromatic rings. The van der Waals surface area contributed by atoms with E-state index in [-0.39, 0.29) is 18.1 Å². The van der Waals surface area contributed by atoms with Gasteiger partial charge in [0.15, 0.2) is 0 Å². The highest BCUT2D eigenvalue weighted by molar-refractivity contribution is 5.94. The molecular weight excluding hydrogens is 468 g/mol. The molecule has 6 rings (SSSR count). The predicted molar refractivity (Wildman–Crippen MR) is 143 cm³/mol. The summed E-state index contributed by atoms with van der Waals surface area (Å²) in [5, 5.41) is 0.